The molecule has 3 aromatic rings. The van der Waals surface area contributed by atoms with Crippen LogP contribution in [0, 0.1) is 0 Å². The standard InChI is InChI=1S/C11H6Cl2N2O2S2/c12-8-2-6(10(13)19-8)7-4-15-3-5(1-9(16)17)18-11(15)14-7/h2-4H,1H2,(H,16,17). The third-order valence-corrected chi connectivity index (χ3v) is 4.95. The number of carboxylic acid groups (broad SMARTS) is 1. The van der Waals surface area contributed by atoms with Gasteiger partial charge < -0.3 is 5.11 Å². The van der Waals surface area contributed by atoms with Crippen molar-refractivity contribution in [2.75, 3.05) is 0 Å². The zero-order valence-electron chi connectivity index (χ0n) is 9.26. The van der Waals surface area contributed by atoms with Crippen LogP contribution in [0.15, 0.2) is 18.5 Å². The van der Waals surface area contributed by atoms with Crippen LogP contribution in [0.4, 0.5) is 0 Å². The number of thiophene rings is 1. The highest BCUT2D eigenvalue weighted by Crippen LogP contribution is 2.38. The van der Waals surface area contributed by atoms with E-state index in [9.17, 15) is 4.79 Å². The highest BCUT2D eigenvalue weighted by molar-refractivity contribution is 7.20. The van der Waals surface area contributed by atoms with Gasteiger partial charge in [0.15, 0.2) is 4.96 Å². The Hall–Kier alpha value is -1.08. The molecule has 0 aliphatic carbocycles. The summed E-state index contributed by atoms with van der Waals surface area (Å²) in [6.07, 6.45) is 3.60. The lowest BCUT2D eigenvalue weighted by Crippen LogP contribution is -1.97. The number of aliphatic carboxylic acids is 1. The van der Waals surface area contributed by atoms with E-state index in [0.717, 1.165) is 21.1 Å². The van der Waals surface area contributed by atoms with Gasteiger partial charge in [0.2, 0.25) is 0 Å². The molecule has 0 saturated carbocycles. The first-order valence-corrected chi connectivity index (χ1v) is 7.56. The van der Waals surface area contributed by atoms with Crippen molar-refractivity contribution >= 4 is 56.8 Å². The van der Waals surface area contributed by atoms with Crippen molar-refractivity contribution in [1.82, 2.24) is 9.38 Å². The fourth-order valence-electron chi connectivity index (χ4n) is 1.72. The Morgan fingerprint density at radius 3 is 2.74 bits per heavy atom. The summed E-state index contributed by atoms with van der Waals surface area (Å²) in [7, 11) is 0. The van der Waals surface area contributed by atoms with Crippen LogP contribution in [0.3, 0.4) is 0 Å². The first-order valence-electron chi connectivity index (χ1n) is 5.17. The van der Waals surface area contributed by atoms with E-state index in [1.165, 1.54) is 22.7 Å². The van der Waals surface area contributed by atoms with Crippen LogP contribution in [-0.4, -0.2) is 20.5 Å². The molecule has 0 saturated heterocycles. The number of hydrogen-bond donors (Lipinski definition) is 1. The predicted molar refractivity (Wildman–Crippen MR) is 77.7 cm³/mol. The highest BCUT2D eigenvalue weighted by atomic mass is 35.5. The van der Waals surface area contributed by atoms with Gasteiger partial charge in [0.25, 0.3) is 0 Å². The molecule has 4 nitrogen and oxygen atoms in total. The zero-order chi connectivity index (χ0) is 13.6. The maximum atomic E-state index is 10.6. The Balaban J connectivity index is 2.01. The number of thiazole rings is 1. The van der Waals surface area contributed by atoms with Crippen LogP contribution in [0.2, 0.25) is 8.67 Å². The number of fused-ring (bicyclic) bond motifs is 1. The van der Waals surface area contributed by atoms with Gasteiger partial charge in [-0.05, 0) is 6.07 Å². The second-order valence-corrected chi connectivity index (χ2v) is 7.20. The molecule has 0 aliphatic heterocycles. The predicted octanol–water partition coefficient (Wildman–Crippen LogP) is 4.06. The van der Waals surface area contributed by atoms with Gasteiger partial charge in [0.1, 0.15) is 4.34 Å². The van der Waals surface area contributed by atoms with E-state index in [1.807, 2.05) is 6.20 Å². The summed E-state index contributed by atoms with van der Waals surface area (Å²) in [5.74, 6) is -0.850. The van der Waals surface area contributed by atoms with E-state index in [1.54, 1.807) is 16.7 Å². The van der Waals surface area contributed by atoms with Crippen LogP contribution < -0.4 is 0 Å². The first kappa shape index (κ1) is 12.9. The molecule has 0 fully saturated rings. The summed E-state index contributed by atoms with van der Waals surface area (Å²) in [6.45, 7) is 0. The number of carboxylic acids is 1. The Morgan fingerprint density at radius 1 is 1.37 bits per heavy atom. The molecule has 3 heterocycles. The molecule has 98 valence electrons. The Morgan fingerprint density at radius 2 is 2.16 bits per heavy atom. The average molecular weight is 333 g/mol. The number of imidazole rings is 1. The highest BCUT2D eigenvalue weighted by Gasteiger charge is 2.14. The van der Waals surface area contributed by atoms with Gasteiger partial charge in [-0.1, -0.05) is 23.2 Å². The molecule has 0 aliphatic rings. The minimum Gasteiger partial charge on any atom is -0.481 e. The Bertz CT molecular complexity index is 743. The fraction of sp³-hybridized carbons (Fsp3) is 0.0909. The van der Waals surface area contributed by atoms with Crippen LogP contribution in [0.1, 0.15) is 4.88 Å². The van der Waals surface area contributed by atoms with Crippen LogP contribution in [-0.2, 0) is 11.2 Å². The number of halogens is 2. The van der Waals surface area contributed by atoms with E-state index >= 15 is 0 Å². The quantitative estimate of drug-likeness (QED) is 0.786. The SMILES string of the molecule is O=C(O)Cc1cn2cc(-c3cc(Cl)sc3Cl)nc2s1. The minimum atomic E-state index is -0.850. The molecule has 0 radical (unpaired) electrons. The molecule has 1 N–H and O–H groups in total. The number of carbonyl (C=O) groups is 1. The van der Waals surface area contributed by atoms with Gasteiger partial charge in [-0.25, -0.2) is 4.98 Å². The van der Waals surface area contributed by atoms with Crippen LogP contribution >= 0.6 is 45.9 Å². The first-order chi connectivity index (χ1) is 9.02. The summed E-state index contributed by atoms with van der Waals surface area (Å²) in [5.41, 5.74) is 1.54. The van der Waals surface area contributed by atoms with Gasteiger partial charge >= 0.3 is 5.97 Å². The molecular weight excluding hydrogens is 327 g/mol. The van der Waals surface area contributed by atoms with Gasteiger partial charge in [-0.2, -0.15) is 0 Å². The third kappa shape index (κ3) is 2.49. The van der Waals surface area contributed by atoms with Crippen molar-refractivity contribution in [3.05, 3.63) is 32.0 Å². The smallest absolute Gasteiger partial charge is 0.308 e. The van der Waals surface area contributed by atoms with E-state index in [2.05, 4.69) is 4.98 Å². The van der Waals surface area contributed by atoms with E-state index in [0.29, 0.717) is 8.67 Å². The summed E-state index contributed by atoms with van der Waals surface area (Å²) in [5, 5.41) is 8.75. The summed E-state index contributed by atoms with van der Waals surface area (Å²) < 4.78 is 3.02. The summed E-state index contributed by atoms with van der Waals surface area (Å²) >= 11 is 14.6. The zero-order valence-corrected chi connectivity index (χ0v) is 12.4. The monoisotopic (exact) mass is 332 g/mol. The summed E-state index contributed by atoms with van der Waals surface area (Å²) in [6, 6.07) is 1.78. The number of rotatable bonds is 3. The maximum Gasteiger partial charge on any atom is 0.308 e. The Kier molecular flexibility index (Phi) is 3.26. The van der Waals surface area contributed by atoms with E-state index in [4.69, 9.17) is 28.3 Å². The second-order valence-electron chi connectivity index (χ2n) is 3.82. The molecule has 0 atom stereocenters. The number of hydrogen-bond acceptors (Lipinski definition) is 4. The van der Waals surface area contributed by atoms with Crippen LogP contribution in [0.5, 0.6) is 0 Å². The molecule has 3 aromatic heterocycles. The maximum absolute atomic E-state index is 10.6. The largest absolute Gasteiger partial charge is 0.481 e. The van der Waals surface area contributed by atoms with Crippen molar-refractivity contribution < 1.29 is 9.90 Å². The molecule has 0 bridgehead atoms. The van der Waals surface area contributed by atoms with Crippen LogP contribution in [0.25, 0.3) is 16.2 Å². The van der Waals surface area contributed by atoms with Crippen molar-refractivity contribution in [2.45, 2.75) is 6.42 Å². The van der Waals surface area contributed by atoms with Gasteiger partial charge in [-0.3, -0.25) is 9.20 Å². The van der Waals surface area contributed by atoms with Crippen molar-refractivity contribution in [2.24, 2.45) is 0 Å². The lowest BCUT2D eigenvalue weighted by molar-refractivity contribution is -0.136. The molecule has 0 aromatic carbocycles. The lowest BCUT2D eigenvalue weighted by atomic mass is 10.3. The molecule has 0 spiro atoms. The minimum absolute atomic E-state index is 0.00833. The van der Waals surface area contributed by atoms with Crippen molar-refractivity contribution in [3.8, 4) is 11.3 Å². The van der Waals surface area contributed by atoms with Crippen molar-refractivity contribution in [3.63, 3.8) is 0 Å². The molecule has 19 heavy (non-hydrogen) atoms. The van der Waals surface area contributed by atoms with E-state index in [-0.39, 0.29) is 6.42 Å². The Labute approximate surface area is 125 Å². The number of nitrogens with zero attached hydrogens (tertiary/aromatic N) is 2. The lowest BCUT2D eigenvalue weighted by Gasteiger charge is -1.90. The van der Waals surface area contributed by atoms with Gasteiger partial charge in [0, 0.05) is 22.8 Å². The normalized spacial score (nSPS) is 11.3. The summed E-state index contributed by atoms with van der Waals surface area (Å²) in [4.78, 5) is 16.6. The van der Waals surface area contributed by atoms with Crippen molar-refractivity contribution in [1.29, 1.82) is 0 Å². The fourth-order valence-corrected chi connectivity index (χ4v) is 4.15. The van der Waals surface area contributed by atoms with Gasteiger partial charge in [-0.15, -0.1) is 22.7 Å². The third-order valence-electron chi connectivity index (χ3n) is 2.46. The molecular formula is C11H6Cl2N2O2S2. The van der Waals surface area contributed by atoms with Gasteiger partial charge in [0.05, 0.1) is 16.5 Å². The second kappa shape index (κ2) is 4.79. The molecule has 8 heteroatoms. The molecule has 0 unspecified atom stereocenters. The molecule has 3 rings (SSSR count). The van der Waals surface area contributed by atoms with E-state index < -0.39 is 5.97 Å². The average Bonchev–Trinajstić information content (AvgIpc) is 2.90. The number of aromatic nitrogens is 2. The molecule has 0 amide bonds. The topological polar surface area (TPSA) is 54.6 Å².